The van der Waals surface area contributed by atoms with Gasteiger partial charge < -0.3 is 0 Å². The summed E-state index contributed by atoms with van der Waals surface area (Å²) < 4.78 is 16.4. The van der Waals surface area contributed by atoms with Crippen molar-refractivity contribution in [2.75, 3.05) is 4.90 Å². The first-order valence-electron chi connectivity index (χ1n) is 11.7. The van der Waals surface area contributed by atoms with Crippen molar-refractivity contribution in [2.24, 2.45) is 0 Å². The SMILES string of the molecule is CCCc1[nH]n(-c2ccc(F)cc2)c(=O)c1C1=C([n+]2ccccc2)C(=O)N(c2ccc(C)cc2)C1=O. The number of benzene rings is 2. The minimum Gasteiger partial charge on any atom is -0.294 e. The Labute approximate surface area is 206 Å². The molecule has 0 atom stereocenters. The van der Waals surface area contributed by atoms with Gasteiger partial charge in [-0.2, -0.15) is 4.57 Å². The summed E-state index contributed by atoms with van der Waals surface area (Å²) in [6.45, 7) is 3.87. The second kappa shape index (κ2) is 9.22. The minimum atomic E-state index is -0.574. The molecule has 5 rings (SSSR count). The van der Waals surface area contributed by atoms with Crippen LogP contribution in [0.2, 0.25) is 0 Å². The van der Waals surface area contributed by atoms with Crippen molar-refractivity contribution in [3.05, 3.63) is 112 Å². The van der Waals surface area contributed by atoms with E-state index < -0.39 is 23.2 Å². The largest absolute Gasteiger partial charge is 0.331 e. The van der Waals surface area contributed by atoms with E-state index in [9.17, 15) is 18.8 Å². The molecule has 1 N–H and O–H groups in total. The van der Waals surface area contributed by atoms with E-state index in [2.05, 4.69) is 5.10 Å². The van der Waals surface area contributed by atoms with Crippen LogP contribution in [-0.2, 0) is 16.0 Å². The van der Waals surface area contributed by atoms with Gasteiger partial charge in [0.1, 0.15) is 11.4 Å². The predicted molar refractivity (Wildman–Crippen MR) is 134 cm³/mol. The van der Waals surface area contributed by atoms with E-state index in [1.54, 1.807) is 47.3 Å². The number of anilines is 1. The highest BCUT2D eigenvalue weighted by Crippen LogP contribution is 2.33. The number of aromatic nitrogens is 3. The number of aryl methyl sites for hydroxylation is 2. The van der Waals surface area contributed by atoms with Gasteiger partial charge in [-0.15, -0.1) is 0 Å². The molecule has 0 aliphatic carbocycles. The van der Waals surface area contributed by atoms with E-state index in [0.29, 0.717) is 29.9 Å². The van der Waals surface area contributed by atoms with Gasteiger partial charge in [-0.3, -0.25) is 19.5 Å². The average molecular weight is 484 g/mol. The Morgan fingerprint density at radius 2 is 1.50 bits per heavy atom. The van der Waals surface area contributed by atoms with Crippen LogP contribution in [0.25, 0.3) is 17.0 Å². The molecule has 1 aliphatic heterocycles. The zero-order valence-corrected chi connectivity index (χ0v) is 19.9. The molecule has 2 aromatic heterocycles. The van der Waals surface area contributed by atoms with Crippen LogP contribution in [0.5, 0.6) is 0 Å². The molecule has 3 heterocycles. The topological polar surface area (TPSA) is 79.1 Å². The highest BCUT2D eigenvalue weighted by Gasteiger charge is 2.48. The number of amides is 2. The number of imide groups is 1. The third-order valence-electron chi connectivity index (χ3n) is 6.13. The third-order valence-corrected chi connectivity index (χ3v) is 6.13. The van der Waals surface area contributed by atoms with Gasteiger partial charge in [0.05, 0.1) is 16.9 Å². The Kier molecular flexibility index (Phi) is 5.93. The van der Waals surface area contributed by atoms with Crippen LogP contribution in [0, 0.1) is 12.7 Å². The Bertz CT molecular complexity index is 1550. The number of carbonyl (C=O) groups is 2. The fourth-order valence-electron chi connectivity index (χ4n) is 4.40. The second-order valence-electron chi connectivity index (χ2n) is 8.62. The number of nitrogens with zero attached hydrogens (tertiary/aromatic N) is 3. The van der Waals surface area contributed by atoms with Crippen LogP contribution in [0.3, 0.4) is 0 Å². The first-order valence-corrected chi connectivity index (χ1v) is 11.7. The van der Waals surface area contributed by atoms with E-state index in [-0.39, 0.29) is 16.8 Å². The molecular formula is C28H24FN4O3+. The van der Waals surface area contributed by atoms with Crippen molar-refractivity contribution in [3.8, 4) is 5.69 Å². The molecule has 2 amide bonds. The zero-order chi connectivity index (χ0) is 25.4. The van der Waals surface area contributed by atoms with Gasteiger partial charge in [-0.05, 0) is 49.7 Å². The minimum absolute atomic E-state index is 0.0299. The lowest BCUT2D eigenvalue weighted by atomic mass is 10.0. The van der Waals surface area contributed by atoms with Crippen molar-refractivity contribution < 1.29 is 18.5 Å². The third kappa shape index (κ3) is 3.86. The van der Waals surface area contributed by atoms with Gasteiger partial charge in [-0.1, -0.05) is 37.1 Å². The Hall–Kier alpha value is -4.59. The summed E-state index contributed by atoms with van der Waals surface area (Å²) in [5, 5.41) is 3.09. The maximum atomic E-state index is 13.9. The summed E-state index contributed by atoms with van der Waals surface area (Å²) in [6.07, 6.45) is 4.51. The Morgan fingerprint density at radius 3 is 2.14 bits per heavy atom. The first kappa shape index (κ1) is 23.2. The summed E-state index contributed by atoms with van der Waals surface area (Å²) in [6, 6.07) is 17.8. The summed E-state index contributed by atoms with van der Waals surface area (Å²) in [5.41, 5.74) is 2.15. The number of rotatable bonds is 6. The summed E-state index contributed by atoms with van der Waals surface area (Å²) in [5.74, 6) is -1.52. The molecule has 0 saturated carbocycles. The normalized spacial score (nSPS) is 13.7. The number of carbonyl (C=O) groups excluding carboxylic acids is 2. The molecule has 0 spiro atoms. The first-order chi connectivity index (χ1) is 17.4. The van der Waals surface area contributed by atoms with E-state index in [0.717, 1.165) is 10.5 Å². The van der Waals surface area contributed by atoms with Crippen molar-refractivity contribution in [1.29, 1.82) is 0 Å². The fourth-order valence-corrected chi connectivity index (χ4v) is 4.40. The lowest BCUT2D eigenvalue weighted by molar-refractivity contribution is -0.576. The average Bonchev–Trinajstić information content (AvgIpc) is 3.33. The summed E-state index contributed by atoms with van der Waals surface area (Å²) >= 11 is 0. The van der Waals surface area contributed by atoms with Crippen molar-refractivity contribution in [3.63, 3.8) is 0 Å². The van der Waals surface area contributed by atoms with Crippen LogP contribution < -0.4 is 15.0 Å². The Morgan fingerprint density at radius 1 is 0.861 bits per heavy atom. The number of aromatic amines is 1. The molecule has 1 aliphatic rings. The standard InChI is InChI=1S/C28H23FN4O3/c1-3-7-22-23(27(35)33(30-22)21-14-10-19(29)11-15-21)24-25(31-16-5-4-6-17-31)28(36)32(26(24)34)20-12-8-18(2)9-13-20/h4-6,8-17H,3,7H2,1-2H3/p+1. The van der Waals surface area contributed by atoms with Crippen LogP contribution in [-0.4, -0.2) is 21.6 Å². The zero-order valence-electron chi connectivity index (χ0n) is 19.9. The molecule has 0 radical (unpaired) electrons. The molecule has 0 bridgehead atoms. The number of hydrogen-bond donors (Lipinski definition) is 1. The number of halogens is 1. The lowest BCUT2D eigenvalue weighted by Gasteiger charge is -2.14. The van der Waals surface area contributed by atoms with Gasteiger partial charge in [-0.25, -0.2) is 14.0 Å². The highest BCUT2D eigenvalue weighted by molar-refractivity contribution is 6.53. The van der Waals surface area contributed by atoms with Crippen molar-refractivity contribution >= 4 is 28.8 Å². The van der Waals surface area contributed by atoms with Gasteiger partial charge in [0.15, 0.2) is 12.4 Å². The summed E-state index contributed by atoms with van der Waals surface area (Å²) in [4.78, 5) is 42.5. The van der Waals surface area contributed by atoms with Gasteiger partial charge in [0, 0.05) is 17.8 Å². The number of H-pyrrole nitrogens is 1. The van der Waals surface area contributed by atoms with Crippen molar-refractivity contribution in [2.45, 2.75) is 26.7 Å². The molecule has 2 aromatic carbocycles. The molecular weight excluding hydrogens is 459 g/mol. The highest BCUT2D eigenvalue weighted by atomic mass is 19.1. The van der Waals surface area contributed by atoms with E-state index >= 15 is 0 Å². The summed E-state index contributed by atoms with van der Waals surface area (Å²) in [7, 11) is 0. The van der Waals surface area contributed by atoms with Gasteiger partial charge in [0.25, 0.3) is 17.2 Å². The van der Waals surface area contributed by atoms with Crippen LogP contribution in [0.15, 0.2) is 83.9 Å². The molecule has 36 heavy (non-hydrogen) atoms. The Balaban J connectivity index is 1.76. The fraction of sp³-hybridized carbons (Fsp3) is 0.143. The number of hydrogen-bond acceptors (Lipinski definition) is 3. The lowest BCUT2D eigenvalue weighted by Crippen LogP contribution is -2.39. The number of nitrogens with one attached hydrogen (secondary N) is 1. The molecule has 8 heteroatoms. The maximum Gasteiger partial charge on any atom is 0.331 e. The predicted octanol–water partition coefficient (Wildman–Crippen LogP) is 3.79. The molecule has 7 nitrogen and oxygen atoms in total. The number of pyridine rings is 1. The van der Waals surface area contributed by atoms with Crippen LogP contribution >= 0.6 is 0 Å². The van der Waals surface area contributed by atoms with Crippen LogP contribution in [0.1, 0.15) is 30.2 Å². The monoisotopic (exact) mass is 483 g/mol. The van der Waals surface area contributed by atoms with Crippen molar-refractivity contribution in [1.82, 2.24) is 9.78 Å². The maximum absolute atomic E-state index is 13.9. The second-order valence-corrected chi connectivity index (χ2v) is 8.62. The molecule has 0 fully saturated rings. The molecule has 0 unspecified atom stereocenters. The van der Waals surface area contributed by atoms with E-state index in [1.807, 2.05) is 26.0 Å². The smallest absolute Gasteiger partial charge is 0.294 e. The molecule has 0 saturated heterocycles. The molecule has 180 valence electrons. The molecule has 4 aromatic rings. The van der Waals surface area contributed by atoms with Gasteiger partial charge >= 0.3 is 5.91 Å². The van der Waals surface area contributed by atoms with E-state index in [4.69, 9.17) is 0 Å². The van der Waals surface area contributed by atoms with Gasteiger partial charge in [0.2, 0.25) is 0 Å². The van der Waals surface area contributed by atoms with E-state index in [1.165, 1.54) is 28.9 Å². The quantitative estimate of drug-likeness (QED) is 0.335. The van der Waals surface area contributed by atoms with Crippen LogP contribution in [0.4, 0.5) is 10.1 Å².